The molecule has 0 bridgehead atoms. The van der Waals surface area contributed by atoms with Crippen molar-refractivity contribution in [2.45, 2.75) is 78.1 Å². The Morgan fingerprint density at radius 2 is 1.74 bits per heavy atom. The summed E-state index contributed by atoms with van der Waals surface area (Å²) in [7, 11) is 1.70. The van der Waals surface area contributed by atoms with E-state index in [9.17, 15) is 14.4 Å². The molecule has 232 valence electrons. The number of carbonyl (C=O) groups is 3. The maximum absolute atomic E-state index is 13.1. The molecule has 3 rings (SSSR count). The fourth-order valence-corrected chi connectivity index (χ4v) is 5.21. The lowest BCUT2D eigenvalue weighted by Gasteiger charge is -2.25. The number of hydrogen-bond donors (Lipinski definition) is 3. The van der Waals surface area contributed by atoms with Crippen LogP contribution in [-0.4, -0.2) is 58.6 Å². The summed E-state index contributed by atoms with van der Waals surface area (Å²) in [5.41, 5.74) is 2.73. The van der Waals surface area contributed by atoms with Crippen molar-refractivity contribution in [1.82, 2.24) is 30.8 Å². The van der Waals surface area contributed by atoms with Gasteiger partial charge in [-0.25, -0.2) is 14.6 Å². The third-order valence-corrected chi connectivity index (χ3v) is 8.00. The molecule has 43 heavy (non-hydrogen) atoms. The zero-order valence-electron chi connectivity index (χ0n) is 25.7. The summed E-state index contributed by atoms with van der Waals surface area (Å²) in [5, 5.41) is 11.8. The Morgan fingerprint density at radius 1 is 1.00 bits per heavy atom. The summed E-state index contributed by atoms with van der Waals surface area (Å²) < 4.78 is 5.40. The van der Waals surface area contributed by atoms with Crippen molar-refractivity contribution >= 4 is 29.4 Å². The second kappa shape index (κ2) is 17.2. The first-order valence-corrected chi connectivity index (χ1v) is 15.6. The number of aromatic nitrogens is 2. The van der Waals surface area contributed by atoms with Crippen LogP contribution in [0.15, 0.2) is 60.2 Å². The van der Waals surface area contributed by atoms with Crippen LogP contribution in [0, 0.1) is 5.92 Å². The third kappa shape index (κ3) is 11.7. The molecule has 4 amide bonds. The van der Waals surface area contributed by atoms with E-state index in [4.69, 9.17) is 4.74 Å². The second-order valence-corrected chi connectivity index (χ2v) is 12.2. The Labute approximate surface area is 258 Å². The predicted molar refractivity (Wildman–Crippen MR) is 169 cm³/mol. The number of benzene rings is 1. The van der Waals surface area contributed by atoms with Crippen molar-refractivity contribution in [3.05, 3.63) is 82.1 Å². The van der Waals surface area contributed by atoms with Crippen molar-refractivity contribution < 1.29 is 19.1 Å². The van der Waals surface area contributed by atoms with Gasteiger partial charge in [0, 0.05) is 48.9 Å². The molecule has 11 heteroatoms. The number of nitrogens with one attached hydrogen (secondary N) is 3. The van der Waals surface area contributed by atoms with E-state index >= 15 is 0 Å². The van der Waals surface area contributed by atoms with Crippen LogP contribution in [0.25, 0.3) is 0 Å². The highest BCUT2D eigenvalue weighted by Gasteiger charge is 2.26. The van der Waals surface area contributed by atoms with Crippen LogP contribution in [0.2, 0.25) is 0 Å². The summed E-state index contributed by atoms with van der Waals surface area (Å²) in [6, 6.07) is 12.4. The van der Waals surface area contributed by atoms with Crippen molar-refractivity contribution in [2.75, 3.05) is 13.6 Å². The third-order valence-electron chi connectivity index (χ3n) is 6.81. The van der Waals surface area contributed by atoms with Gasteiger partial charge in [-0.3, -0.25) is 9.78 Å². The molecule has 0 radical (unpaired) electrons. The van der Waals surface area contributed by atoms with Crippen LogP contribution >= 0.6 is 11.3 Å². The van der Waals surface area contributed by atoms with Gasteiger partial charge in [-0.1, -0.05) is 64.1 Å². The molecule has 0 saturated heterocycles. The molecule has 0 aliphatic heterocycles. The molecule has 0 aliphatic carbocycles. The molecule has 2 heterocycles. The summed E-state index contributed by atoms with van der Waals surface area (Å²) in [5.74, 6) is -0.00951. The van der Waals surface area contributed by atoms with Crippen molar-refractivity contribution in [3.63, 3.8) is 0 Å². The van der Waals surface area contributed by atoms with Gasteiger partial charge in [0.05, 0.1) is 17.2 Å². The van der Waals surface area contributed by atoms with Crippen molar-refractivity contribution in [2.24, 2.45) is 5.92 Å². The van der Waals surface area contributed by atoms with E-state index in [0.717, 1.165) is 21.8 Å². The molecule has 0 aliphatic rings. The first-order chi connectivity index (χ1) is 20.6. The van der Waals surface area contributed by atoms with E-state index in [1.165, 1.54) is 4.90 Å². The molecular formula is C32H44N6O4S. The number of alkyl carbamates (subject to hydrolysis) is 1. The molecule has 0 unspecified atom stereocenters. The highest BCUT2D eigenvalue weighted by molar-refractivity contribution is 7.09. The fraction of sp³-hybridized carbons (Fsp3) is 0.469. The van der Waals surface area contributed by atoms with E-state index in [1.54, 1.807) is 36.8 Å². The lowest BCUT2D eigenvalue weighted by molar-refractivity contribution is -0.123. The van der Waals surface area contributed by atoms with Gasteiger partial charge in [0.1, 0.15) is 12.6 Å². The summed E-state index contributed by atoms with van der Waals surface area (Å²) in [4.78, 5) is 48.7. The molecule has 0 spiro atoms. The standard InChI is InChI=1S/C32H44N6O4S/c1-22(2)28(37-31(40)38(5)19-27-21-43-30(35-27)23(3)4)29(39)34-16-10-14-26(17-24-11-7-6-8-12-24)36-32(41)42-20-25-13-9-15-33-18-25/h6-9,11-13,15,18,21-23,26,28H,10,14,16-17,19-20H2,1-5H3,(H,34,39)(H,36,41)(H,37,40)/t26-,28+/m1/s1. The van der Waals surface area contributed by atoms with Crippen molar-refractivity contribution in [3.8, 4) is 0 Å². The van der Waals surface area contributed by atoms with Crippen LogP contribution in [0.5, 0.6) is 0 Å². The van der Waals surface area contributed by atoms with Gasteiger partial charge < -0.3 is 25.6 Å². The smallest absolute Gasteiger partial charge is 0.407 e. The molecule has 10 nitrogen and oxygen atoms in total. The van der Waals surface area contributed by atoms with E-state index in [-0.39, 0.29) is 30.5 Å². The lowest BCUT2D eigenvalue weighted by atomic mass is 10.0. The Bertz CT molecular complexity index is 1290. The minimum absolute atomic E-state index is 0.105. The second-order valence-electron chi connectivity index (χ2n) is 11.3. The van der Waals surface area contributed by atoms with E-state index in [0.29, 0.717) is 38.3 Å². The van der Waals surface area contributed by atoms with Gasteiger partial charge >= 0.3 is 12.1 Å². The number of ether oxygens (including phenoxy) is 1. The van der Waals surface area contributed by atoms with Gasteiger partial charge in [-0.05, 0) is 36.8 Å². The molecule has 0 saturated carbocycles. The molecule has 3 aromatic rings. The maximum Gasteiger partial charge on any atom is 0.407 e. The quantitative estimate of drug-likeness (QED) is 0.202. The Kier molecular flexibility index (Phi) is 13.4. The maximum atomic E-state index is 13.1. The number of carbonyl (C=O) groups excluding carboxylic acids is 3. The Hall–Kier alpha value is -3.99. The highest BCUT2D eigenvalue weighted by Crippen LogP contribution is 2.20. The highest BCUT2D eigenvalue weighted by atomic mass is 32.1. The number of urea groups is 1. The molecule has 0 fully saturated rings. The number of nitrogens with zero attached hydrogens (tertiary/aromatic N) is 3. The number of pyridine rings is 1. The minimum Gasteiger partial charge on any atom is -0.445 e. The van der Waals surface area contributed by atoms with Gasteiger partial charge in [0.15, 0.2) is 0 Å². The lowest BCUT2D eigenvalue weighted by Crippen LogP contribution is -2.52. The molecule has 3 N–H and O–H groups in total. The molecule has 2 atom stereocenters. The first-order valence-electron chi connectivity index (χ1n) is 14.7. The van der Waals surface area contributed by atoms with Gasteiger partial charge in [-0.2, -0.15) is 0 Å². The van der Waals surface area contributed by atoms with Gasteiger partial charge in [-0.15, -0.1) is 11.3 Å². The van der Waals surface area contributed by atoms with E-state index < -0.39 is 12.1 Å². The topological polar surface area (TPSA) is 126 Å². The zero-order valence-corrected chi connectivity index (χ0v) is 26.5. The van der Waals surface area contributed by atoms with Gasteiger partial charge in [0.25, 0.3) is 0 Å². The summed E-state index contributed by atoms with van der Waals surface area (Å²) >= 11 is 1.59. The van der Waals surface area contributed by atoms with Crippen molar-refractivity contribution in [1.29, 1.82) is 0 Å². The first kappa shape index (κ1) is 33.5. The number of hydrogen-bond acceptors (Lipinski definition) is 7. The van der Waals surface area contributed by atoms with Crippen LogP contribution in [-0.2, 0) is 29.1 Å². The van der Waals surface area contributed by atoms with Crippen LogP contribution in [0.1, 0.15) is 68.3 Å². The van der Waals surface area contributed by atoms with E-state index in [1.807, 2.05) is 55.6 Å². The number of amides is 4. The number of thiazole rings is 1. The normalized spacial score (nSPS) is 12.4. The minimum atomic E-state index is -0.683. The van der Waals surface area contributed by atoms with Crippen LogP contribution in [0.4, 0.5) is 9.59 Å². The largest absolute Gasteiger partial charge is 0.445 e. The molecular weight excluding hydrogens is 564 g/mol. The molecule has 1 aromatic carbocycles. The summed E-state index contributed by atoms with van der Waals surface area (Å²) in [6.45, 7) is 8.88. The Morgan fingerprint density at radius 3 is 2.40 bits per heavy atom. The summed E-state index contributed by atoms with van der Waals surface area (Å²) in [6.07, 6.45) is 4.72. The fourth-order valence-electron chi connectivity index (χ4n) is 4.39. The van der Waals surface area contributed by atoms with Crippen LogP contribution in [0.3, 0.4) is 0 Å². The monoisotopic (exact) mass is 608 g/mol. The SMILES string of the molecule is CC(C)c1nc(CN(C)C(=O)N[C@H](C(=O)NCCC[C@H](Cc2ccccc2)NC(=O)OCc2cccnc2)C(C)C)cs1. The number of rotatable bonds is 15. The zero-order chi connectivity index (χ0) is 31.2. The van der Waals surface area contributed by atoms with Crippen LogP contribution < -0.4 is 16.0 Å². The van der Waals surface area contributed by atoms with Gasteiger partial charge in [0.2, 0.25) is 5.91 Å². The predicted octanol–water partition coefficient (Wildman–Crippen LogP) is 5.26. The Balaban J connectivity index is 1.48. The average Bonchev–Trinajstić information content (AvgIpc) is 3.46. The van der Waals surface area contributed by atoms with E-state index in [2.05, 4.69) is 39.8 Å². The molecule has 2 aromatic heterocycles. The average molecular weight is 609 g/mol.